The second-order valence-electron chi connectivity index (χ2n) is 3.81. The lowest BCUT2D eigenvalue weighted by Gasteiger charge is -2.25. The first-order valence-electron chi connectivity index (χ1n) is 5.23. The molecule has 0 unspecified atom stereocenters. The molecule has 2 rings (SSSR count). The van der Waals surface area contributed by atoms with E-state index in [9.17, 15) is 4.39 Å². The van der Waals surface area contributed by atoms with Crippen molar-refractivity contribution in [3.63, 3.8) is 0 Å². The van der Waals surface area contributed by atoms with Crippen LogP contribution in [0.3, 0.4) is 0 Å². The Morgan fingerprint density at radius 3 is 3.20 bits per heavy atom. The van der Waals surface area contributed by atoms with Gasteiger partial charge in [0.15, 0.2) is 0 Å². The van der Waals surface area contributed by atoms with Crippen LogP contribution < -0.4 is 4.74 Å². The average Bonchev–Trinajstić information content (AvgIpc) is 2.26. The van der Waals surface area contributed by atoms with Gasteiger partial charge in [-0.1, -0.05) is 0 Å². The van der Waals surface area contributed by atoms with E-state index in [0.29, 0.717) is 6.61 Å². The third-order valence-corrected chi connectivity index (χ3v) is 2.70. The minimum absolute atomic E-state index is 0.187. The zero-order chi connectivity index (χ0) is 10.7. The smallest absolute Gasteiger partial charge is 0.123 e. The number of ether oxygens (including phenoxy) is 2. The first kappa shape index (κ1) is 10.4. The summed E-state index contributed by atoms with van der Waals surface area (Å²) in [5.74, 6) is 0.636. The molecule has 0 aliphatic carbocycles. The van der Waals surface area contributed by atoms with Crippen molar-refractivity contribution in [3.8, 4) is 5.75 Å². The van der Waals surface area contributed by atoms with Gasteiger partial charge in [-0.2, -0.15) is 0 Å². The molecule has 0 spiro atoms. The van der Waals surface area contributed by atoms with Crippen molar-refractivity contribution in [2.75, 3.05) is 13.7 Å². The van der Waals surface area contributed by atoms with Crippen LogP contribution in [0.2, 0.25) is 0 Å². The Morgan fingerprint density at radius 1 is 1.53 bits per heavy atom. The van der Waals surface area contributed by atoms with E-state index in [0.717, 1.165) is 30.6 Å². The molecule has 1 atom stereocenters. The van der Waals surface area contributed by atoms with Gasteiger partial charge in [0.25, 0.3) is 0 Å². The third kappa shape index (κ3) is 2.48. The second-order valence-corrected chi connectivity index (χ2v) is 3.81. The number of methoxy groups -OCH3 is 1. The second kappa shape index (κ2) is 4.62. The molecule has 2 nitrogen and oxygen atoms in total. The summed E-state index contributed by atoms with van der Waals surface area (Å²) >= 11 is 0. The molecule has 0 saturated heterocycles. The number of fused-ring (bicyclic) bond motifs is 1. The van der Waals surface area contributed by atoms with Gasteiger partial charge in [-0.15, -0.1) is 0 Å². The van der Waals surface area contributed by atoms with Gasteiger partial charge < -0.3 is 9.47 Å². The Balaban J connectivity index is 2.03. The summed E-state index contributed by atoms with van der Waals surface area (Å²) in [5, 5.41) is 0. The monoisotopic (exact) mass is 210 g/mol. The van der Waals surface area contributed by atoms with Gasteiger partial charge in [0.05, 0.1) is 0 Å². The number of benzene rings is 1. The van der Waals surface area contributed by atoms with E-state index >= 15 is 0 Å². The predicted octanol–water partition coefficient (Wildman–Crippen LogP) is 2.56. The topological polar surface area (TPSA) is 18.5 Å². The maximum absolute atomic E-state index is 12.9. The standard InChI is InChI=1S/C12H15FO2/c1-14-7-6-11-4-2-9-8-10(13)3-5-12(9)15-11/h3,5,8,11H,2,4,6-7H2,1H3/t11-/m0/s1. The zero-order valence-electron chi connectivity index (χ0n) is 8.83. The molecule has 1 aromatic carbocycles. The van der Waals surface area contributed by atoms with E-state index in [2.05, 4.69) is 0 Å². The Labute approximate surface area is 89.0 Å². The lowest BCUT2D eigenvalue weighted by Crippen LogP contribution is -2.24. The molecule has 1 heterocycles. The molecule has 0 N–H and O–H groups in total. The summed E-state index contributed by atoms with van der Waals surface area (Å²) in [6.07, 6.45) is 2.94. The van der Waals surface area contributed by atoms with Crippen molar-refractivity contribution in [2.24, 2.45) is 0 Å². The van der Waals surface area contributed by atoms with E-state index in [1.54, 1.807) is 19.2 Å². The summed E-state index contributed by atoms with van der Waals surface area (Å²) in [7, 11) is 1.69. The highest BCUT2D eigenvalue weighted by molar-refractivity contribution is 5.35. The lowest BCUT2D eigenvalue weighted by molar-refractivity contribution is 0.111. The van der Waals surface area contributed by atoms with Crippen molar-refractivity contribution in [2.45, 2.75) is 25.4 Å². The van der Waals surface area contributed by atoms with Crippen LogP contribution >= 0.6 is 0 Å². The SMILES string of the molecule is COCC[C@@H]1CCc2cc(F)ccc2O1. The van der Waals surface area contributed by atoms with E-state index in [-0.39, 0.29) is 11.9 Å². The van der Waals surface area contributed by atoms with E-state index in [1.165, 1.54) is 6.07 Å². The van der Waals surface area contributed by atoms with Gasteiger partial charge in [-0.25, -0.2) is 4.39 Å². The highest BCUT2D eigenvalue weighted by Crippen LogP contribution is 2.29. The van der Waals surface area contributed by atoms with Crippen LogP contribution in [-0.4, -0.2) is 19.8 Å². The van der Waals surface area contributed by atoms with Gasteiger partial charge in [0.2, 0.25) is 0 Å². The van der Waals surface area contributed by atoms with Crippen LogP contribution in [0.5, 0.6) is 5.75 Å². The summed E-state index contributed by atoms with van der Waals surface area (Å²) in [5.41, 5.74) is 0.976. The highest BCUT2D eigenvalue weighted by Gasteiger charge is 2.19. The van der Waals surface area contributed by atoms with Crippen LogP contribution in [0.25, 0.3) is 0 Å². The van der Waals surface area contributed by atoms with Crippen molar-refractivity contribution in [1.82, 2.24) is 0 Å². The van der Waals surface area contributed by atoms with Crippen molar-refractivity contribution in [1.29, 1.82) is 0 Å². The van der Waals surface area contributed by atoms with Crippen molar-refractivity contribution in [3.05, 3.63) is 29.6 Å². The van der Waals surface area contributed by atoms with Gasteiger partial charge >= 0.3 is 0 Å². The maximum Gasteiger partial charge on any atom is 0.123 e. The molecule has 1 aromatic rings. The third-order valence-electron chi connectivity index (χ3n) is 2.70. The zero-order valence-corrected chi connectivity index (χ0v) is 8.83. The van der Waals surface area contributed by atoms with Crippen LogP contribution in [0.4, 0.5) is 4.39 Å². The summed E-state index contributed by atoms with van der Waals surface area (Å²) in [4.78, 5) is 0. The molecular weight excluding hydrogens is 195 g/mol. The highest BCUT2D eigenvalue weighted by atomic mass is 19.1. The van der Waals surface area contributed by atoms with E-state index in [1.807, 2.05) is 0 Å². The van der Waals surface area contributed by atoms with Gasteiger partial charge in [-0.05, 0) is 36.6 Å². The van der Waals surface area contributed by atoms with Crippen molar-refractivity contribution >= 4 is 0 Å². The largest absolute Gasteiger partial charge is 0.490 e. The van der Waals surface area contributed by atoms with Crippen LogP contribution in [0, 0.1) is 5.82 Å². The van der Waals surface area contributed by atoms with E-state index < -0.39 is 0 Å². The minimum atomic E-state index is -0.187. The Hall–Kier alpha value is -1.09. The Kier molecular flexibility index (Phi) is 3.21. The average molecular weight is 210 g/mol. The Morgan fingerprint density at radius 2 is 2.40 bits per heavy atom. The number of hydrogen-bond acceptors (Lipinski definition) is 2. The molecule has 3 heteroatoms. The summed E-state index contributed by atoms with van der Waals surface area (Å²) in [6.45, 7) is 0.710. The minimum Gasteiger partial charge on any atom is -0.490 e. The van der Waals surface area contributed by atoms with Gasteiger partial charge in [-0.3, -0.25) is 0 Å². The fourth-order valence-corrected chi connectivity index (χ4v) is 1.87. The predicted molar refractivity (Wildman–Crippen MR) is 55.6 cm³/mol. The first-order chi connectivity index (χ1) is 7.29. The Bertz CT molecular complexity index is 338. The van der Waals surface area contributed by atoms with Gasteiger partial charge in [0.1, 0.15) is 17.7 Å². The summed E-state index contributed by atoms with van der Waals surface area (Å²) in [6, 6.07) is 4.71. The molecule has 0 aromatic heterocycles. The van der Waals surface area contributed by atoms with Crippen LogP contribution in [0.1, 0.15) is 18.4 Å². The number of aryl methyl sites for hydroxylation is 1. The molecule has 82 valence electrons. The fourth-order valence-electron chi connectivity index (χ4n) is 1.87. The van der Waals surface area contributed by atoms with Crippen LogP contribution in [0.15, 0.2) is 18.2 Å². The van der Waals surface area contributed by atoms with Crippen LogP contribution in [-0.2, 0) is 11.2 Å². The van der Waals surface area contributed by atoms with Crippen molar-refractivity contribution < 1.29 is 13.9 Å². The fraction of sp³-hybridized carbons (Fsp3) is 0.500. The number of hydrogen-bond donors (Lipinski definition) is 0. The molecule has 0 radical (unpaired) electrons. The molecule has 0 amide bonds. The molecule has 1 aliphatic rings. The molecule has 0 bridgehead atoms. The summed E-state index contributed by atoms with van der Waals surface area (Å²) < 4.78 is 23.7. The quantitative estimate of drug-likeness (QED) is 0.763. The maximum atomic E-state index is 12.9. The normalized spacial score (nSPS) is 19.5. The van der Waals surface area contributed by atoms with Gasteiger partial charge in [0, 0.05) is 20.1 Å². The molecular formula is C12H15FO2. The number of halogens is 1. The lowest BCUT2D eigenvalue weighted by atomic mass is 10.0. The van der Waals surface area contributed by atoms with E-state index in [4.69, 9.17) is 9.47 Å². The number of rotatable bonds is 3. The molecule has 0 saturated carbocycles. The molecule has 1 aliphatic heterocycles. The molecule has 0 fully saturated rings. The molecule has 15 heavy (non-hydrogen) atoms. The first-order valence-corrected chi connectivity index (χ1v) is 5.23.